The number of nitrogens with zero attached hydrogens (tertiary/aromatic N) is 4. The first kappa shape index (κ1) is 24.1. The van der Waals surface area contributed by atoms with Gasteiger partial charge in [-0.15, -0.1) is 0 Å². The maximum absolute atomic E-state index is 13.7. The summed E-state index contributed by atoms with van der Waals surface area (Å²) in [7, 11) is 2.05. The number of aryl methyl sites for hydroxylation is 1. The molecule has 3 heterocycles. The van der Waals surface area contributed by atoms with Gasteiger partial charge in [-0.25, -0.2) is 0 Å². The molecule has 5 rings (SSSR count). The van der Waals surface area contributed by atoms with Gasteiger partial charge < -0.3 is 33.4 Å². The van der Waals surface area contributed by atoms with Crippen molar-refractivity contribution in [2.24, 2.45) is 0 Å². The smallest absolute Gasteiger partial charge is 0.278 e. The van der Waals surface area contributed by atoms with Crippen molar-refractivity contribution in [3.05, 3.63) is 74.7 Å². The van der Waals surface area contributed by atoms with Crippen LogP contribution in [0.25, 0.3) is 21.3 Å². The topological polar surface area (TPSA) is 34.1 Å². The van der Waals surface area contributed by atoms with Crippen LogP contribution in [0, 0.1) is 0 Å². The fourth-order valence-electron chi connectivity index (χ4n) is 4.50. The van der Waals surface area contributed by atoms with E-state index in [4.69, 9.17) is 0 Å². The molecule has 2 aromatic carbocycles. The van der Waals surface area contributed by atoms with Crippen LogP contribution in [0.3, 0.4) is 0 Å². The lowest BCUT2D eigenvalue weighted by Crippen LogP contribution is -3.00. The Morgan fingerprint density at radius 2 is 1.67 bits per heavy atom. The third-order valence-corrected chi connectivity index (χ3v) is 8.39. The number of fused-ring (bicyclic) bond motifs is 2. The van der Waals surface area contributed by atoms with Crippen LogP contribution in [0.1, 0.15) is 25.8 Å². The Kier molecular flexibility index (Phi) is 7.07. The summed E-state index contributed by atoms with van der Waals surface area (Å²) in [5, 5.41) is 2.93. The van der Waals surface area contributed by atoms with E-state index < -0.39 is 0 Å². The first-order valence-electron chi connectivity index (χ1n) is 11.1. The van der Waals surface area contributed by atoms with E-state index in [0.29, 0.717) is 6.54 Å². The second-order valence-electron chi connectivity index (χ2n) is 7.73. The predicted molar refractivity (Wildman–Crippen MR) is 135 cm³/mol. The molecule has 0 amide bonds. The lowest BCUT2D eigenvalue weighted by Gasteiger charge is -2.13. The molecule has 0 bridgehead atoms. The molecule has 8 heteroatoms. The highest BCUT2D eigenvalue weighted by molar-refractivity contribution is 8.08. The second kappa shape index (κ2) is 9.68. The van der Waals surface area contributed by atoms with E-state index in [1.54, 1.807) is 23.1 Å². The number of thioether (sulfide) groups is 1. The van der Waals surface area contributed by atoms with Gasteiger partial charge in [-0.05, 0) is 39.0 Å². The van der Waals surface area contributed by atoms with Crippen LogP contribution in [0.15, 0.2) is 58.2 Å². The molecule has 0 saturated carbocycles. The Balaban J connectivity index is 0.00000259. The minimum absolute atomic E-state index is 0. The van der Waals surface area contributed by atoms with Crippen molar-refractivity contribution in [1.29, 1.82) is 0 Å². The van der Waals surface area contributed by atoms with Crippen LogP contribution in [0.5, 0.6) is 0 Å². The molecule has 172 valence electrons. The van der Waals surface area contributed by atoms with Gasteiger partial charge in [-0.2, -0.15) is 4.57 Å². The van der Waals surface area contributed by atoms with Crippen molar-refractivity contribution in [1.82, 2.24) is 9.13 Å². The molecule has 0 aliphatic carbocycles. The Labute approximate surface area is 218 Å². The molecular formula is C25H27IN4OS2. The minimum atomic E-state index is 0. The normalized spacial score (nSPS) is 15.3. The van der Waals surface area contributed by atoms with Gasteiger partial charge >= 0.3 is 0 Å². The standard InChI is InChI=1S/C25H27N4OS2.HI/c1-5-27-18-13-9-11-15-20(18)31-22(27)16-21-28(6-2)23(24(30)29(21)7-3)25-26(4)17-12-8-10-14-19(17)32-25;/h8-16H,5-7H2,1-4H3;1H/q+1;/p-1/b25-23+;. The maximum atomic E-state index is 13.7. The fraction of sp³-hybridized carbons (Fsp3) is 0.280. The molecular weight excluding hydrogens is 563 g/mol. The molecule has 1 aliphatic rings. The quantitative estimate of drug-likeness (QED) is 0.254. The Morgan fingerprint density at radius 1 is 0.970 bits per heavy atom. The van der Waals surface area contributed by atoms with E-state index >= 15 is 0 Å². The number of hydrogen-bond acceptors (Lipinski definition) is 4. The molecule has 0 atom stereocenters. The highest BCUT2D eigenvalue weighted by Gasteiger charge is 2.26. The van der Waals surface area contributed by atoms with E-state index in [-0.39, 0.29) is 29.5 Å². The van der Waals surface area contributed by atoms with Crippen LogP contribution in [-0.4, -0.2) is 16.2 Å². The van der Waals surface area contributed by atoms with Gasteiger partial charge in [0.05, 0.1) is 11.8 Å². The van der Waals surface area contributed by atoms with E-state index in [9.17, 15) is 4.79 Å². The van der Waals surface area contributed by atoms with Crippen molar-refractivity contribution in [2.45, 2.75) is 45.3 Å². The van der Waals surface area contributed by atoms with Gasteiger partial charge in [0.2, 0.25) is 5.52 Å². The van der Waals surface area contributed by atoms with Gasteiger partial charge in [-0.3, -0.25) is 9.36 Å². The van der Waals surface area contributed by atoms with Gasteiger partial charge in [0.15, 0.2) is 0 Å². The van der Waals surface area contributed by atoms with E-state index in [2.05, 4.69) is 83.5 Å². The Morgan fingerprint density at radius 3 is 2.36 bits per heavy atom. The number of rotatable bonds is 4. The summed E-state index contributed by atoms with van der Waals surface area (Å²) in [5.41, 5.74) is 3.42. The monoisotopic (exact) mass is 590 g/mol. The minimum Gasteiger partial charge on any atom is -1.00 e. The summed E-state index contributed by atoms with van der Waals surface area (Å²) in [6, 6.07) is 16.8. The van der Waals surface area contributed by atoms with Crippen molar-refractivity contribution >= 4 is 50.1 Å². The van der Waals surface area contributed by atoms with Gasteiger partial charge in [0.25, 0.3) is 10.6 Å². The molecule has 0 spiro atoms. The number of anilines is 1. The molecule has 33 heavy (non-hydrogen) atoms. The number of para-hydroxylation sites is 2. The fourth-order valence-corrected chi connectivity index (χ4v) is 6.85. The zero-order valence-corrected chi connectivity index (χ0v) is 23.0. The summed E-state index contributed by atoms with van der Waals surface area (Å²) in [4.78, 5) is 17.0. The van der Waals surface area contributed by atoms with E-state index in [1.165, 1.54) is 15.1 Å². The summed E-state index contributed by atoms with van der Waals surface area (Å²) in [6.07, 6.45) is 2.19. The number of thiazole rings is 1. The Bertz CT molecular complexity index is 1520. The number of aromatic nitrogens is 3. The number of imidazole rings is 1. The molecule has 0 saturated heterocycles. The highest BCUT2D eigenvalue weighted by Crippen LogP contribution is 2.44. The molecule has 0 radical (unpaired) electrons. The average Bonchev–Trinajstić information content (AvgIpc) is 3.42. The van der Waals surface area contributed by atoms with Crippen molar-refractivity contribution in [3.63, 3.8) is 0 Å². The van der Waals surface area contributed by atoms with Gasteiger partial charge in [0.1, 0.15) is 27.1 Å². The maximum Gasteiger partial charge on any atom is 0.278 e. The second-order valence-corrected chi connectivity index (χ2v) is 9.82. The number of hydrogen-bond donors (Lipinski definition) is 0. The SMILES string of the molecule is CCn1c(=O)/c(=C2\Sc3ccccc3N2C)n(CC)/c1=C\c1sc2ccccc2[n+]1CC.[I-]. The molecule has 0 fully saturated rings. The van der Waals surface area contributed by atoms with Crippen LogP contribution >= 0.6 is 23.1 Å². The largest absolute Gasteiger partial charge is 1.00 e. The predicted octanol–water partition coefficient (Wildman–Crippen LogP) is 0.352. The van der Waals surface area contributed by atoms with Crippen molar-refractivity contribution in [3.8, 4) is 0 Å². The van der Waals surface area contributed by atoms with Crippen molar-refractivity contribution < 1.29 is 28.5 Å². The molecule has 2 aromatic heterocycles. The molecule has 1 aliphatic heterocycles. The number of benzene rings is 2. The van der Waals surface area contributed by atoms with Gasteiger partial charge in [-0.1, -0.05) is 47.4 Å². The van der Waals surface area contributed by atoms with Crippen LogP contribution in [0.4, 0.5) is 5.69 Å². The third kappa shape index (κ3) is 3.85. The zero-order valence-electron chi connectivity index (χ0n) is 19.2. The Hall–Kier alpha value is -2.04. The highest BCUT2D eigenvalue weighted by atomic mass is 127. The van der Waals surface area contributed by atoms with Crippen LogP contribution in [-0.2, 0) is 19.6 Å². The lowest BCUT2D eigenvalue weighted by molar-refractivity contribution is -0.665. The zero-order chi connectivity index (χ0) is 22.4. The summed E-state index contributed by atoms with van der Waals surface area (Å²) in [6.45, 7) is 8.59. The van der Waals surface area contributed by atoms with Crippen molar-refractivity contribution in [2.75, 3.05) is 11.9 Å². The van der Waals surface area contributed by atoms with E-state index in [0.717, 1.165) is 39.6 Å². The molecule has 0 unspecified atom stereocenters. The average molecular weight is 591 g/mol. The molecule has 0 N–H and O–H groups in total. The van der Waals surface area contributed by atoms with Gasteiger partial charge in [0, 0.05) is 31.1 Å². The summed E-state index contributed by atoms with van der Waals surface area (Å²) < 4.78 is 7.68. The summed E-state index contributed by atoms with van der Waals surface area (Å²) in [5.74, 6) is 0. The first-order chi connectivity index (χ1) is 15.6. The lowest BCUT2D eigenvalue weighted by atomic mass is 10.3. The molecule has 4 aromatic rings. The first-order valence-corrected chi connectivity index (χ1v) is 12.7. The third-order valence-electron chi connectivity index (χ3n) is 6.05. The van der Waals surface area contributed by atoms with Crippen LogP contribution in [0.2, 0.25) is 0 Å². The summed E-state index contributed by atoms with van der Waals surface area (Å²) >= 11 is 3.46. The van der Waals surface area contributed by atoms with E-state index in [1.807, 2.05) is 17.6 Å². The molecule has 5 nitrogen and oxygen atoms in total. The number of halogens is 1. The van der Waals surface area contributed by atoms with Crippen LogP contribution < -0.4 is 49.8 Å².